The molecule has 0 saturated heterocycles. The first kappa shape index (κ1) is 14.3. The van der Waals surface area contributed by atoms with Crippen LogP contribution in [0.5, 0.6) is 0 Å². The monoisotopic (exact) mass is 285 g/mol. The number of carbonyl (C=O) groups excluding carboxylic acids is 2. The molecule has 0 N–H and O–H groups in total. The van der Waals surface area contributed by atoms with Gasteiger partial charge in [0.1, 0.15) is 5.41 Å². The Morgan fingerprint density at radius 2 is 1.95 bits per heavy atom. The van der Waals surface area contributed by atoms with E-state index in [9.17, 15) is 9.59 Å². The lowest BCUT2D eigenvalue weighted by Crippen LogP contribution is -2.49. The molecule has 0 aromatic heterocycles. The van der Waals surface area contributed by atoms with Crippen molar-refractivity contribution < 1.29 is 9.59 Å². The number of nitrogens with zero attached hydrogens (tertiary/aromatic N) is 1. The van der Waals surface area contributed by atoms with Gasteiger partial charge in [0.25, 0.3) is 0 Å². The maximum absolute atomic E-state index is 13.2. The third-order valence-corrected chi connectivity index (χ3v) is 5.59. The van der Waals surface area contributed by atoms with E-state index in [1.165, 1.54) is 0 Å². The zero-order valence-corrected chi connectivity index (χ0v) is 13.1. The van der Waals surface area contributed by atoms with Gasteiger partial charge in [-0.2, -0.15) is 0 Å². The van der Waals surface area contributed by atoms with Crippen LogP contribution in [0.4, 0.5) is 5.69 Å². The Kier molecular flexibility index (Phi) is 3.19. The van der Waals surface area contributed by atoms with Gasteiger partial charge in [0, 0.05) is 17.6 Å². The van der Waals surface area contributed by atoms with Crippen LogP contribution in [0.3, 0.4) is 0 Å². The minimum Gasteiger partial charge on any atom is -0.312 e. The van der Waals surface area contributed by atoms with Gasteiger partial charge in [0.15, 0.2) is 5.78 Å². The van der Waals surface area contributed by atoms with Gasteiger partial charge in [-0.3, -0.25) is 9.59 Å². The molecule has 2 atom stereocenters. The van der Waals surface area contributed by atoms with E-state index in [1.807, 2.05) is 51.1 Å². The summed E-state index contributed by atoms with van der Waals surface area (Å²) in [7, 11) is 0. The first-order valence-electron chi connectivity index (χ1n) is 7.85. The highest BCUT2D eigenvalue weighted by Gasteiger charge is 2.65. The summed E-state index contributed by atoms with van der Waals surface area (Å²) >= 11 is 0. The highest BCUT2D eigenvalue weighted by molar-refractivity contribution is 6.15. The second-order valence-corrected chi connectivity index (χ2v) is 6.96. The third-order valence-electron chi connectivity index (χ3n) is 5.59. The highest BCUT2D eigenvalue weighted by atomic mass is 16.2. The van der Waals surface area contributed by atoms with Gasteiger partial charge in [-0.25, -0.2) is 0 Å². The first-order chi connectivity index (χ1) is 9.93. The van der Waals surface area contributed by atoms with E-state index in [-0.39, 0.29) is 17.1 Å². The van der Waals surface area contributed by atoms with E-state index in [2.05, 4.69) is 0 Å². The number of anilines is 1. The van der Waals surface area contributed by atoms with Gasteiger partial charge in [-0.05, 0) is 44.2 Å². The molecule has 2 unspecified atom stereocenters. The zero-order chi connectivity index (χ0) is 15.3. The summed E-state index contributed by atoms with van der Waals surface area (Å²) < 4.78 is 0. The quantitative estimate of drug-likeness (QED) is 0.798. The maximum atomic E-state index is 13.2. The smallest absolute Gasteiger partial charge is 0.240 e. The normalized spacial score (nSPS) is 29.7. The van der Waals surface area contributed by atoms with Crippen molar-refractivity contribution in [3.05, 3.63) is 30.3 Å². The van der Waals surface area contributed by atoms with Crippen molar-refractivity contribution in [3.63, 3.8) is 0 Å². The van der Waals surface area contributed by atoms with Crippen LogP contribution in [0.2, 0.25) is 0 Å². The molecule has 0 radical (unpaired) electrons. The molecule has 0 heterocycles. The van der Waals surface area contributed by atoms with E-state index in [1.54, 1.807) is 4.90 Å². The lowest BCUT2D eigenvalue weighted by molar-refractivity contribution is -0.143. The number of para-hydroxylation sites is 1. The minimum atomic E-state index is -0.764. The molecule has 1 aromatic rings. The molecule has 21 heavy (non-hydrogen) atoms. The molecule has 3 heteroatoms. The molecule has 112 valence electrons. The van der Waals surface area contributed by atoms with Crippen molar-refractivity contribution >= 4 is 17.4 Å². The summed E-state index contributed by atoms with van der Waals surface area (Å²) in [6, 6.07) is 9.68. The number of ketones is 1. The maximum Gasteiger partial charge on any atom is 0.240 e. The Balaban J connectivity index is 1.97. The first-order valence-corrected chi connectivity index (χ1v) is 7.85. The average molecular weight is 285 g/mol. The molecular formula is C18H23NO2. The van der Waals surface area contributed by atoms with Crippen LogP contribution < -0.4 is 4.90 Å². The molecule has 2 fully saturated rings. The van der Waals surface area contributed by atoms with Crippen molar-refractivity contribution in [2.24, 2.45) is 16.7 Å². The summed E-state index contributed by atoms with van der Waals surface area (Å²) in [5, 5.41) is 0. The zero-order valence-electron chi connectivity index (χ0n) is 13.1. The van der Waals surface area contributed by atoms with E-state index in [0.717, 1.165) is 24.9 Å². The van der Waals surface area contributed by atoms with Crippen molar-refractivity contribution in [3.8, 4) is 0 Å². The molecule has 2 bridgehead atoms. The van der Waals surface area contributed by atoms with Crippen LogP contribution in [0.25, 0.3) is 0 Å². The Labute approximate surface area is 126 Å². The Morgan fingerprint density at radius 1 is 1.29 bits per heavy atom. The number of hydrogen-bond donors (Lipinski definition) is 0. The fourth-order valence-electron chi connectivity index (χ4n) is 4.27. The third kappa shape index (κ3) is 1.86. The van der Waals surface area contributed by atoms with E-state index in [0.29, 0.717) is 12.5 Å². The molecule has 2 aliphatic carbocycles. The van der Waals surface area contributed by atoms with Crippen LogP contribution in [0, 0.1) is 16.7 Å². The van der Waals surface area contributed by atoms with Crippen LogP contribution in [0.1, 0.15) is 40.0 Å². The molecule has 3 rings (SSSR count). The van der Waals surface area contributed by atoms with Crippen molar-refractivity contribution in [2.75, 3.05) is 11.4 Å². The van der Waals surface area contributed by atoms with E-state index >= 15 is 0 Å². The van der Waals surface area contributed by atoms with Crippen LogP contribution in [-0.4, -0.2) is 18.2 Å². The Hall–Kier alpha value is -1.64. The van der Waals surface area contributed by atoms with Crippen LogP contribution in [0.15, 0.2) is 30.3 Å². The summed E-state index contributed by atoms with van der Waals surface area (Å²) in [5.41, 5.74) is -0.218. The summed E-state index contributed by atoms with van der Waals surface area (Å²) in [6.07, 6.45) is 2.46. The second-order valence-electron chi connectivity index (χ2n) is 6.96. The van der Waals surface area contributed by atoms with Crippen LogP contribution in [-0.2, 0) is 9.59 Å². The number of fused-ring (bicyclic) bond motifs is 2. The number of amides is 1. The predicted molar refractivity (Wildman–Crippen MR) is 83.0 cm³/mol. The van der Waals surface area contributed by atoms with Gasteiger partial charge in [0.2, 0.25) is 5.91 Å². The fourth-order valence-corrected chi connectivity index (χ4v) is 4.27. The van der Waals surface area contributed by atoms with Crippen molar-refractivity contribution in [2.45, 2.75) is 40.0 Å². The van der Waals surface area contributed by atoms with Gasteiger partial charge < -0.3 is 4.90 Å². The molecule has 2 saturated carbocycles. The van der Waals surface area contributed by atoms with Crippen LogP contribution >= 0.6 is 0 Å². The van der Waals surface area contributed by atoms with Gasteiger partial charge in [0.05, 0.1) is 0 Å². The standard InChI is InChI=1S/C18H23NO2/c1-4-19(14-8-6-5-7-9-14)16(21)18-11-10-13(12-18)17(2,3)15(18)20/h5-9,13H,4,10-12H2,1-3H3. The number of hydrogen-bond acceptors (Lipinski definition) is 2. The Bertz CT molecular complexity index is 578. The molecule has 1 aromatic carbocycles. The summed E-state index contributed by atoms with van der Waals surface area (Å²) in [4.78, 5) is 27.8. The van der Waals surface area contributed by atoms with E-state index in [4.69, 9.17) is 0 Å². The van der Waals surface area contributed by atoms with Gasteiger partial charge in [-0.1, -0.05) is 32.0 Å². The summed E-state index contributed by atoms with van der Waals surface area (Å²) in [6.45, 7) is 6.58. The number of carbonyl (C=O) groups is 2. The molecule has 0 spiro atoms. The second kappa shape index (κ2) is 4.69. The number of benzene rings is 1. The number of rotatable bonds is 3. The molecular weight excluding hydrogens is 262 g/mol. The lowest BCUT2D eigenvalue weighted by atomic mass is 9.70. The fraction of sp³-hybridized carbons (Fsp3) is 0.556. The van der Waals surface area contributed by atoms with Crippen molar-refractivity contribution in [1.82, 2.24) is 0 Å². The summed E-state index contributed by atoms with van der Waals surface area (Å²) in [5.74, 6) is 0.531. The molecule has 3 nitrogen and oxygen atoms in total. The van der Waals surface area contributed by atoms with Gasteiger partial charge >= 0.3 is 0 Å². The predicted octanol–water partition coefficient (Wildman–Crippen LogP) is 3.43. The molecule has 0 aliphatic heterocycles. The van der Waals surface area contributed by atoms with Crippen molar-refractivity contribution in [1.29, 1.82) is 0 Å². The number of Topliss-reactive ketones (excluding diaryl/α,β-unsaturated/α-hetero) is 1. The molecule has 1 amide bonds. The Morgan fingerprint density at radius 3 is 2.48 bits per heavy atom. The lowest BCUT2D eigenvalue weighted by Gasteiger charge is -2.35. The largest absolute Gasteiger partial charge is 0.312 e. The average Bonchev–Trinajstić information content (AvgIpc) is 3.01. The SMILES string of the molecule is CCN(C(=O)C12CCC(C1)C(C)(C)C2=O)c1ccccc1. The highest BCUT2D eigenvalue weighted by Crippen LogP contribution is 2.60. The van der Waals surface area contributed by atoms with Gasteiger partial charge in [-0.15, -0.1) is 0 Å². The minimum absolute atomic E-state index is 0.00859. The topological polar surface area (TPSA) is 37.4 Å². The van der Waals surface area contributed by atoms with E-state index < -0.39 is 5.41 Å². The molecule has 2 aliphatic rings.